The molecule has 0 aliphatic carbocycles. The number of hydrogen-bond acceptors (Lipinski definition) is 4. The lowest BCUT2D eigenvalue weighted by molar-refractivity contribution is -0.133. The Morgan fingerprint density at radius 2 is 2.00 bits per heavy atom. The molecule has 5 heteroatoms. The Bertz CT molecular complexity index is 431. The van der Waals surface area contributed by atoms with Crippen molar-refractivity contribution >= 4 is 12.0 Å². The van der Waals surface area contributed by atoms with E-state index in [1.165, 1.54) is 0 Å². The maximum Gasteiger partial charge on any atom is 0.433 e. The smallest absolute Gasteiger partial charge is 0.423 e. The summed E-state index contributed by atoms with van der Waals surface area (Å²) in [6, 6.07) is 9.22. The molecule has 1 aromatic carbocycles. The van der Waals surface area contributed by atoms with Gasteiger partial charge in [0.05, 0.1) is 0 Å². The number of carbonyl (C=O) groups excluding carboxylic acids is 2. The van der Waals surface area contributed by atoms with Gasteiger partial charge in [-0.15, -0.1) is 0 Å². The van der Waals surface area contributed by atoms with Crippen LogP contribution in [0.1, 0.15) is 25.6 Å². The third kappa shape index (κ3) is 2.29. The molecule has 1 atom stereocenters. The molecule has 0 bridgehead atoms. The van der Waals surface area contributed by atoms with Crippen molar-refractivity contribution in [1.29, 1.82) is 0 Å². The number of ether oxygens (including phenoxy) is 1. The number of rotatable bonds is 2. The van der Waals surface area contributed by atoms with Gasteiger partial charge < -0.3 is 4.74 Å². The van der Waals surface area contributed by atoms with Gasteiger partial charge in [-0.1, -0.05) is 44.2 Å². The van der Waals surface area contributed by atoms with Gasteiger partial charge in [-0.05, 0) is 0 Å². The molecule has 1 N–H and O–H groups in total. The number of nitrogens with one attached hydrogen (secondary N) is 1. The van der Waals surface area contributed by atoms with Crippen LogP contribution >= 0.6 is 0 Å². The van der Waals surface area contributed by atoms with E-state index in [2.05, 4.69) is 5.43 Å². The first kappa shape index (κ1) is 11.6. The van der Waals surface area contributed by atoms with Crippen LogP contribution in [-0.4, -0.2) is 17.0 Å². The molecular formula is C12H14N2O3. The Morgan fingerprint density at radius 1 is 1.35 bits per heavy atom. The average Bonchev–Trinajstić information content (AvgIpc) is 2.71. The number of benzene rings is 1. The topological polar surface area (TPSA) is 58.6 Å². The molecule has 0 radical (unpaired) electrons. The molecule has 2 rings (SSSR count). The molecule has 1 aliphatic heterocycles. The third-order valence-corrected chi connectivity index (χ3v) is 2.46. The quantitative estimate of drug-likeness (QED) is 0.848. The van der Waals surface area contributed by atoms with E-state index in [1.807, 2.05) is 30.3 Å². The lowest BCUT2D eigenvalue weighted by atomic mass is 10.2. The Labute approximate surface area is 99.3 Å². The Kier molecular flexibility index (Phi) is 3.10. The van der Waals surface area contributed by atoms with Gasteiger partial charge in [-0.2, -0.15) is 10.4 Å². The van der Waals surface area contributed by atoms with E-state index >= 15 is 0 Å². The van der Waals surface area contributed by atoms with Gasteiger partial charge >= 0.3 is 6.09 Å². The van der Waals surface area contributed by atoms with Crippen LogP contribution in [0.5, 0.6) is 0 Å². The molecule has 0 spiro atoms. The molecule has 1 unspecified atom stereocenters. The van der Waals surface area contributed by atoms with E-state index in [-0.39, 0.29) is 11.8 Å². The number of imide groups is 1. The normalized spacial score (nSPS) is 19.6. The number of amides is 2. The van der Waals surface area contributed by atoms with Crippen molar-refractivity contribution in [2.75, 3.05) is 0 Å². The molecule has 1 aliphatic rings. The highest BCUT2D eigenvalue weighted by molar-refractivity contribution is 5.93. The van der Waals surface area contributed by atoms with Gasteiger partial charge in [0.15, 0.2) is 6.23 Å². The standard InChI is InChI=1S/C12H14N2O3/c1-8(2)11(15)14-12(16)17-10(13-14)9-6-4-3-5-7-9/h3-8,10,13H,1-2H3. The van der Waals surface area contributed by atoms with Crippen molar-refractivity contribution in [3.8, 4) is 0 Å². The Morgan fingerprint density at radius 3 is 2.59 bits per heavy atom. The van der Waals surface area contributed by atoms with Gasteiger partial charge in [0, 0.05) is 11.5 Å². The van der Waals surface area contributed by atoms with Crippen LogP contribution in [0.2, 0.25) is 0 Å². The maximum atomic E-state index is 11.7. The van der Waals surface area contributed by atoms with Crippen LogP contribution in [0.3, 0.4) is 0 Å². The summed E-state index contributed by atoms with van der Waals surface area (Å²) in [7, 11) is 0. The van der Waals surface area contributed by atoms with Gasteiger partial charge in [-0.3, -0.25) is 4.79 Å². The fourth-order valence-corrected chi connectivity index (χ4v) is 1.53. The molecule has 1 heterocycles. The van der Waals surface area contributed by atoms with E-state index in [0.717, 1.165) is 10.6 Å². The lowest BCUT2D eigenvalue weighted by Gasteiger charge is -2.14. The van der Waals surface area contributed by atoms with Crippen LogP contribution in [0.25, 0.3) is 0 Å². The average molecular weight is 234 g/mol. The number of nitrogens with zero attached hydrogens (tertiary/aromatic N) is 1. The van der Waals surface area contributed by atoms with Crippen LogP contribution in [0.15, 0.2) is 30.3 Å². The van der Waals surface area contributed by atoms with Gasteiger partial charge in [0.25, 0.3) is 0 Å². The fourth-order valence-electron chi connectivity index (χ4n) is 1.53. The van der Waals surface area contributed by atoms with Gasteiger partial charge in [-0.25, -0.2) is 4.79 Å². The molecule has 0 aromatic heterocycles. The summed E-state index contributed by atoms with van der Waals surface area (Å²) < 4.78 is 5.09. The first-order valence-electron chi connectivity index (χ1n) is 5.45. The van der Waals surface area contributed by atoms with Gasteiger partial charge in [0.2, 0.25) is 5.91 Å². The third-order valence-electron chi connectivity index (χ3n) is 2.46. The summed E-state index contributed by atoms with van der Waals surface area (Å²) >= 11 is 0. The SMILES string of the molecule is CC(C)C(=O)N1NC(c2ccccc2)OC1=O. The van der Waals surface area contributed by atoms with Crippen molar-refractivity contribution in [3.63, 3.8) is 0 Å². The zero-order valence-corrected chi connectivity index (χ0v) is 9.71. The summed E-state index contributed by atoms with van der Waals surface area (Å²) in [6.45, 7) is 3.46. The minimum absolute atomic E-state index is 0.260. The van der Waals surface area contributed by atoms with E-state index in [9.17, 15) is 9.59 Å². The van der Waals surface area contributed by atoms with Gasteiger partial charge in [0.1, 0.15) is 0 Å². The molecule has 90 valence electrons. The van der Waals surface area contributed by atoms with E-state index in [1.54, 1.807) is 13.8 Å². The highest BCUT2D eigenvalue weighted by Crippen LogP contribution is 2.22. The van der Waals surface area contributed by atoms with Crippen LogP contribution in [-0.2, 0) is 9.53 Å². The Hall–Kier alpha value is -1.88. The molecule has 5 nitrogen and oxygen atoms in total. The molecule has 2 amide bonds. The second-order valence-electron chi connectivity index (χ2n) is 4.13. The first-order valence-corrected chi connectivity index (χ1v) is 5.45. The van der Waals surface area contributed by atoms with Crippen molar-refractivity contribution in [1.82, 2.24) is 10.4 Å². The summed E-state index contributed by atoms with van der Waals surface area (Å²) in [4.78, 5) is 23.2. The molecule has 17 heavy (non-hydrogen) atoms. The number of hydrazine groups is 1. The molecule has 1 saturated heterocycles. The number of hydrogen-bond donors (Lipinski definition) is 1. The predicted molar refractivity (Wildman–Crippen MR) is 60.5 cm³/mol. The van der Waals surface area contributed by atoms with Crippen LogP contribution in [0, 0.1) is 5.92 Å². The van der Waals surface area contributed by atoms with E-state index < -0.39 is 12.3 Å². The largest absolute Gasteiger partial charge is 0.433 e. The van der Waals surface area contributed by atoms with Crippen molar-refractivity contribution in [2.24, 2.45) is 5.92 Å². The van der Waals surface area contributed by atoms with Crippen molar-refractivity contribution in [3.05, 3.63) is 35.9 Å². The van der Waals surface area contributed by atoms with E-state index in [4.69, 9.17) is 4.74 Å². The number of carbonyl (C=O) groups is 2. The zero-order valence-electron chi connectivity index (χ0n) is 9.71. The lowest BCUT2D eigenvalue weighted by Crippen LogP contribution is -2.42. The van der Waals surface area contributed by atoms with Crippen molar-refractivity contribution in [2.45, 2.75) is 20.1 Å². The predicted octanol–water partition coefficient (Wildman–Crippen LogP) is 1.82. The summed E-state index contributed by atoms with van der Waals surface area (Å²) in [6.07, 6.45) is -1.25. The summed E-state index contributed by atoms with van der Waals surface area (Å²) in [5, 5.41) is 0.933. The second kappa shape index (κ2) is 4.55. The first-order chi connectivity index (χ1) is 8.09. The van der Waals surface area contributed by atoms with Crippen molar-refractivity contribution < 1.29 is 14.3 Å². The molecule has 1 fully saturated rings. The molecule has 0 saturated carbocycles. The zero-order chi connectivity index (χ0) is 12.4. The molecule has 1 aromatic rings. The number of cyclic esters (lactones) is 1. The minimum atomic E-state index is -0.655. The minimum Gasteiger partial charge on any atom is -0.423 e. The fraction of sp³-hybridized carbons (Fsp3) is 0.333. The van der Waals surface area contributed by atoms with E-state index in [0.29, 0.717) is 0 Å². The monoisotopic (exact) mass is 234 g/mol. The van der Waals surface area contributed by atoms with Crippen LogP contribution in [0.4, 0.5) is 4.79 Å². The summed E-state index contributed by atoms with van der Waals surface area (Å²) in [5.74, 6) is -0.557. The maximum absolute atomic E-state index is 11.7. The second-order valence-corrected chi connectivity index (χ2v) is 4.13. The molecular weight excluding hydrogens is 220 g/mol. The van der Waals surface area contributed by atoms with Crippen LogP contribution < -0.4 is 5.43 Å². The Balaban J connectivity index is 2.13. The highest BCUT2D eigenvalue weighted by Gasteiger charge is 2.36. The highest BCUT2D eigenvalue weighted by atomic mass is 16.6. The summed E-state index contributed by atoms with van der Waals surface area (Å²) in [5.41, 5.74) is 3.56.